The highest BCUT2D eigenvalue weighted by Gasteiger charge is 2.18. The van der Waals surface area contributed by atoms with Gasteiger partial charge in [-0.05, 0) is 23.8 Å². The number of carbonyl (C=O) groups is 1. The Labute approximate surface area is 93.4 Å². The second kappa shape index (κ2) is 6.16. The maximum absolute atomic E-state index is 10.7. The minimum Gasteiger partial charge on any atom is -0.481 e. The Morgan fingerprint density at radius 2 is 2.31 bits per heavy atom. The highest BCUT2D eigenvalue weighted by Crippen LogP contribution is 2.15. The summed E-state index contributed by atoms with van der Waals surface area (Å²) in [6.45, 7) is 4.66. The SMILES string of the molecule is CCOCc1nnnn1C(CC)CC(=O)O. The van der Waals surface area contributed by atoms with Crippen LogP contribution in [-0.2, 0) is 16.1 Å². The summed E-state index contributed by atoms with van der Waals surface area (Å²) in [4.78, 5) is 10.7. The number of hydrogen-bond donors (Lipinski definition) is 1. The Kier molecular flexibility index (Phi) is 4.84. The van der Waals surface area contributed by atoms with Crippen molar-refractivity contribution in [3.05, 3.63) is 5.82 Å². The van der Waals surface area contributed by atoms with Gasteiger partial charge in [-0.2, -0.15) is 0 Å². The lowest BCUT2D eigenvalue weighted by molar-refractivity contribution is -0.138. The van der Waals surface area contributed by atoms with Crippen LogP contribution in [-0.4, -0.2) is 37.9 Å². The lowest BCUT2D eigenvalue weighted by Gasteiger charge is -2.13. The summed E-state index contributed by atoms with van der Waals surface area (Å²) < 4.78 is 6.74. The van der Waals surface area contributed by atoms with Crippen molar-refractivity contribution in [2.75, 3.05) is 6.61 Å². The first-order chi connectivity index (χ1) is 7.69. The Bertz CT molecular complexity index is 339. The smallest absolute Gasteiger partial charge is 0.305 e. The maximum atomic E-state index is 10.7. The van der Waals surface area contributed by atoms with E-state index in [1.165, 1.54) is 4.68 Å². The van der Waals surface area contributed by atoms with Gasteiger partial charge in [0.05, 0.1) is 12.5 Å². The maximum Gasteiger partial charge on any atom is 0.305 e. The van der Waals surface area contributed by atoms with E-state index in [1.807, 2.05) is 13.8 Å². The normalized spacial score (nSPS) is 12.6. The first kappa shape index (κ1) is 12.6. The van der Waals surface area contributed by atoms with E-state index in [4.69, 9.17) is 9.84 Å². The number of nitrogens with zero attached hydrogens (tertiary/aromatic N) is 4. The second-order valence-electron chi connectivity index (χ2n) is 3.34. The van der Waals surface area contributed by atoms with Crippen molar-refractivity contribution in [3.63, 3.8) is 0 Å². The molecule has 1 unspecified atom stereocenters. The zero-order valence-corrected chi connectivity index (χ0v) is 9.46. The van der Waals surface area contributed by atoms with Crippen molar-refractivity contribution < 1.29 is 14.6 Å². The van der Waals surface area contributed by atoms with Crippen LogP contribution in [0.15, 0.2) is 0 Å². The average molecular weight is 228 g/mol. The number of aliphatic carboxylic acids is 1. The second-order valence-corrected chi connectivity index (χ2v) is 3.34. The summed E-state index contributed by atoms with van der Waals surface area (Å²) in [6.07, 6.45) is 0.678. The molecule has 0 aliphatic carbocycles. The van der Waals surface area contributed by atoms with Gasteiger partial charge < -0.3 is 9.84 Å². The number of carboxylic acids is 1. The number of tetrazole rings is 1. The molecule has 0 spiro atoms. The fourth-order valence-electron chi connectivity index (χ4n) is 1.39. The van der Waals surface area contributed by atoms with Crippen LogP contribution >= 0.6 is 0 Å². The molecule has 0 amide bonds. The molecule has 16 heavy (non-hydrogen) atoms. The largest absolute Gasteiger partial charge is 0.481 e. The molecule has 0 fully saturated rings. The molecule has 7 nitrogen and oxygen atoms in total. The van der Waals surface area contributed by atoms with Gasteiger partial charge in [-0.15, -0.1) is 5.10 Å². The molecule has 0 aromatic carbocycles. The lowest BCUT2D eigenvalue weighted by Crippen LogP contribution is -2.17. The first-order valence-electron chi connectivity index (χ1n) is 5.25. The van der Waals surface area contributed by atoms with Crippen LogP contribution in [0.2, 0.25) is 0 Å². The van der Waals surface area contributed by atoms with Gasteiger partial charge in [0.2, 0.25) is 0 Å². The van der Waals surface area contributed by atoms with Crippen LogP contribution in [0.3, 0.4) is 0 Å². The molecule has 1 aromatic heterocycles. The third-order valence-corrected chi connectivity index (χ3v) is 2.22. The Hall–Kier alpha value is -1.50. The molecule has 90 valence electrons. The minimum absolute atomic E-state index is 0.0145. The topological polar surface area (TPSA) is 90.1 Å². The van der Waals surface area contributed by atoms with Gasteiger partial charge in [0.25, 0.3) is 0 Å². The summed E-state index contributed by atoms with van der Waals surface area (Å²) in [5.74, 6) is -0.292. The summed E-state index contributed by atoms with van der Waals surface area (Å²) >= 11 is 0. The average Bonchev–Trinajstić information content (AvgIpc) is 2.70. The summed E-state index contributed by atoms with van der Waals surface area (Å²) in [5.41, 5.74) is 0. The van der Waals surface area contributed by atoms with E-state index >= 15 is 0 Å². The number of ether oxygens (including phenoxy) is 1. The van der Waals surface area contributed by atoms with E-state index < -0.39 is 5.97 Å². The lowest BCUT2D eigenvalue weighted by atomic mass is 10.1. The number of carboxylic acid groups (broad SMARTS) is 1. The molecule has 1 rings (SSSR count). The molecule has 0 aliphatic rings. The molecule has 1 atom stereocenters. The van der Waals surface area contributed by atoms with Crippen molar-refractivity contribution in [3.8, 4) is 0 Å². The van der Waals surface area contributed by atoms with Gasteiger partial charge in [0.15, 0.2) is 5.82 Å². The molecule has 0 bridgehead atoms. The van der Waals surface area contributed by atoms with E-state index in [9.17, 15) is 4.79 Å². The quantitative estimate of drug-likeness (QED) is 0.736. The fourth-order valence-corrected chi connectivity index (χ4v) is 1.39. The van der Waals surface area contributed by atoms with E-state index in [1.54, 1.807) is 0 Å². The molecular weight excluding hydrogens is 212 g/mol. The van der Waals surface area contributed by atoms with Crippen LogP contribution in [0.4, 0.5) is 0 Å². The Morgan fingerprint density at radius 3 is 2.88 bits per heavy atom. The number of hydrogen-bond acceptors (Lipinski definition) is 5. The highest BCUT2D eigenvalue weighted by molar-refractivity contribution is 5.67. The predicted octanol–water partition coefficient (Wildman–Crippen LogP) is 0.635. The van der Waals surface area contributed by atoms with E-state index in [2.05, 4.69) is 15.5 Å². The van der Waals surface area contributed by atoms with E-state index in [0.29, 0.717) is 25.5 Å². The molecular formula is C9H16N4O3. The van der Waals surface area contributed by atoms with E-state index in [-0.39, 0.29) is 12.5 Å². The molecule has 0 radical (unpaired) electrons. The molecule has 1 N–H and O–H groups in total. The van der Waals surface area contributed by atoms with Gasteiger partial charge in [-0.3, -0.25) is 4.79 Å². The standard InChI is InChI=1S/C9H16N4O3/c1-3-7(5-9(14)15)13-8(6-16-4-2)10-11-12-13/h7H,3-6H2,1-2H3,(H,14,15). The van der Waals surface area contributed by atoms with Gasteiger partial charge in [-0.25, -0.2) is 4.68 Å². The Balaban J connectivity index is 2.75. The monoisotopic (exact) mass is 228 g/mol. The predicted molar refractivity (Wildman–Crippen MR) is 54.7 cm³/mol. The number of aromatic nitrogens is 4. The fraction of sp³-hybridized carbons (Fsp3) is 0.778. The van der Waals surface area contributed by atoms with Crippen molar-refractivity contribution in [1.29, 1.82) is 0 Å². The number of rotatable bonds is 7. The van der Waals surface area contributed by atoms with Gasteiger partial charge in [0, 0.05) is 6.61 Å². The minimum atomic E-state index is -0.857. The van der Waals surface area contributed by atoms with Crippen LogP contribution in [0.1, 0.15) is 38.6 Å². The summed E-state index contributed by atoms with van der Waals surface area (Å²) in [6, 6.07) is -0.219. The van der Waals surface area contributed by atoms with Crippen molar-refractivity contribution in [2.24, 2.45) is 0 Å². The molecule has 1 heterocycles. The third kappa shape index (κ3) is 3.27. The first-order valence-corrected chi connectivity index (χ1v) is 5.25. The van der Waals surface area contributed by atoms with Gasteiger partial charge in [-0.1, -0.05) is 6.92 Å². The van der Waals surface area contributed by atoms with Crippen molar-refractivity contribution in [2.45, 2.75) is 39.3 Å². The summed E-state index contributed by atoms with van der Waals surface area (Å²) in [5, 5.41) is 19.9. The van der Waals surface area contributed by atoms with E-state index in [0.717, 1.165) is 0 Å². The van der Waals surface area contributed by atoms with Crippen LogP contribution in [0.25, 0.3) is 0 Å². The summed E-state index contributed by atoms with van der Waals surface area (Å²) in [7, 11) is 0. The molecule has 0 saturated heterocycles. The van der Waals surface area contributed by atoms with Crippen LogP contribution in [0, 0.1) is 0 Å². The van der Waals surface area contributed by atoms with Crippen molar-refractivity contribution >= 4 is 5.97 Å². The Morgan fingerprint density at radius 1 is 1.56 bits per heavy atom. The van der Waals surface area contributed by atoms with Crippen LogP contribution in [0.5, 0.6) is 0 Å². The molecule has 0 aliphatic heterocycles. The molecule has 1 aromatic rings. The zero-order valence-electron chi connectivity index (χ0n) is 9.46. The molecule has 0 saturated carbocycles. The van der Waals surface area contributed by atoms with Gasteiger partial charge in [0.1, 0.15) is 6.61 Å². The van der Waals surface area contributed by atoms with Crippen LogP contribution < -0.4 is 0 Å². The zero-order chi connectivity index (χ0) is 12.0. The highest BCUT2D eigenvalue weighted by atomic mass is 16.5. The third-order valence-electron chi connectivity index (χ3n) is 2.22. The van der Waals surface area contributed by atoms with Gasteiger partial charge >= 0.3 is 5.97 Å². The molecule has 7 heteroatoms. The van der Waals surface area contributed by atoms with Crippen molar-refractivity contribution in [1.82, 2.24) is 20.2 Å².